The first kappa shape index (κ1) is 15.8. The van der Waals surface area contributed by atoms with Crippen LogP contribution in [-0.4, -0.2) is 47.1 Å². The van der Waals surface area contributed by atoms with Gasteiger partial charge in [-0.1, -0.05) is 26.0 Å². The number of aromatic hydroxyl groups is 1. The van der Waals surface area contributed by atoms with Crippen molar-refractivity contribution in [3.8, 4) is 5.75 Å². The molecule has 3 rings (SSSR count). The van der Waals surface area contributed by atoms with Gasteiger partial charge < -0.3 is 5.11 Å². The van der Waals surface area contributed by atoms with E-state index in [0.717, 1.165) is 12.5 Å². The highest BCUT2D eigenvalue weighted by molar-refractivity contribution is 5.25. The zero-order valence-corrected chi connectivity index (χ0v) is 14.0. The monoisotopic (exact) mass is 302 g/mol. The van der Waals surface area contributed by atoms with Crippen molar-refractivity contribution in [2.24, 2.45) is 11.8 Å². The molecule has 1 saturated carbocycles. The maximum Gasteiger partial charge on any atom is 0.115 e. The zero-order valence-electron chi connectivity index (χ0n) is 14.0. The van der Waals surface area contributed by atoms with Crippen LogP contribution in [0.25, 0.3) is 0 Å². The fraction of sp³-hybridized carbons (Fsp3) is 0.684. The maximum atomic E-state index is 9.43. The summed E-state index contributed by atoms with van der Waals surface area (Å²) >= 11 is 0. The van der Waals surface area contributed by atoms with Gasteiger partial charge in [0.05, 0.1) is 0 Å². The van der Waals surface area contributed by atoms with Gasteiger partial charge in [-0.05, 0) is 61.9 Å². The predicted molar refractivity (Wildman–Crippen MR) is 90.9 cm³/mol. The van der Waals surface area contributed by atoms with Gasteiger partial charge in [0, 0.05) is 25.7 Å². The molecule has 0 radical (unpaired) electrons. The lowest BCUT2D eigenvalue weighted by atomic mass is 10.0. The van der Waals surface area contributed by atoms with Crippen LogP contribution in [0.1, 0.15) is 38.7 Å². The summed E-state index contributed by atoms with van der Waals surface area (Å²) in [6, 6.07) is 8.37. The molecule has 122 valence electrons. The van der Waals surface area contributed by atoms with Crippen LogP contribution in [-0.2, 0) is 6.54 Å². The van der Waals surface area contributed by atoms with Crippen molar-refractivity contribution in [1.29, 1.82) is 0 Å². The summed E-state index contributed by atoms with van der Waals surface area (Å²) in [5.41, 5.74) is 1.30. The van der Waals surface area contributed by atoms with Gasteiger partial charge in [-0.2, -0.15) is 0 Å². The number of phenols is 1. The molecule has 1 atom stereocenters. The molecular weight excluding hydrogens is 272 g/mol. The second-order valence-electron chi connectivity index (χ2n) is 7.50. The van der Waals surface area contributed by atoms with Crippen molar-refractivity contribution in [2.75, 3.05) is 26.2 Å². The van der Waals surface area contributed by atoms with Crippen LogP contribution in [0.3, 0.4) is 0 Å². The maximum absolute atomic E-state index is 9.43. The largest absolute Gasteiger partial charge is 0.508 e. The third-order valence-corrected chi connectivity index (χ3v) is 5.14. The van der Waals surface area contributed by atoms with E-state index < -0.39 is 0 Å². The lowest BCUT2D eigenvalue weighted by molar-refractivity contribution is 0.132. The molecule has 0 amide bonds. The smallest absolute Gasteiger partial charge is 0.115 e. The summed E-state index contributed by atoms with van der Waals surface area (Å²) in [5.74, 6) is 2.04. The molecule has 1 aliphatic heterocycles. The van der Waals surface area contributed by atoms with Gasteiger partial charge >= 0.3 is 0 Å². The summed E-state index contributed by atoms with van der Waals surface area (Å²) in [6.07, 6.45) is 4.16. The number of benzene rings is 1. The minimum Gasteiger partial charge on any atom is -0.508 e. The molecule has 3 nitrogen and oxygen atoms in total. The van der Waals surface area contributed by atoms with E-state index in [1.54, 1.807) is 12.1 Å². The Morgan fingerprint density at radius 1 is 1.14 bits per heavy atom. The highest BCUT2D eigenvalue weighted by atomic mass is 16.3. The Bertz CT molecular complexity index is 467. The van der Waals surface area contributed by atoms with Crippen LogP contribution in [0.5, 0.6) is 5.75 Å². The van der Waals surface area contributed by atoms with Crippen LogP contribution >= 0.6 is 0 Å². The molecule has 1 aromatic rings. The summed E-state index contributed by atoms with van der Waals surface area (Å²) < 4.78 is 0. The van der Waals surface area contributed by atoms with E-state index in [2.05, 4.69) is 23.6 Å². The second-order valence-corrected chi connectivity index (χ2v) is 7.50. The van der Waals surface area contributed by atoms with E-state index in [-0.39, 0.29) is 0 Å². The molecule has 0 bridgehead atoms. The molecule has 0 unspecified atom stereocenters. The van der Waals surface area contributed by atoms with Gasteiger partial charge in [-0.25, -0.2) is 0 Å². The number of hydrogen-bond donors (Lipinski definition) is 1. The first-order chi connectivity index (χ1) is 10.6. The first-order valence-corrected chi connectivity index (χ1v) is 8.86. The molecule has 1 N–H and O–H groups in total. The molecule has 2 aliphatic rings. The lowest BCUT2D eigenvalue weighted by Crippen LogP contribution is -2.45. The minimum atomic E-state index is 0.357. The van der Waals surface area contributed by atoms with Crippen molar-refractivity contribution >= 4 is 0 Å². The Morgan fingerprint density at radius 2 is 1.86 bits per heavy atom. The first-order valence-electron chi connectivity index (χ1n) is 8.86. The van der Waals surface area contributed by atoms with E-state index in [0.29, 0.717) is 17.7 Å². The molecule has 1 heterocycles. The average Bonchev–Trinajstić information content (AvgIpc) is 3.30. The average molecular weight is 302 g/mol. The molecule has 1 saturated heterocycles. The Hall–Kier alpha value is -1.06. The van der Waals surface area contributed by atoms with E-state index in [9.17, 15) is 5.11 Å². The molecule has 1 aliphatic carbocycles. The van der Waals surface area contributed by atoms with Gasteiger partial charge in [0.15, 0.2) is 0 Å². The highest BCUT2D eigenvalue weighted by Gasteiger charge is 2.31. The van der Waals surface area contributed by atoms with Gasteiger partial charge in [0.1, 0.15) is 5.75 Å². The third-order valence-electron chi connectivity index (χ3n) is 5.14. The minimum absolute atomic E-state index is 0.357. The van der Waals surface area contributed by atoms with Crippen molar-refractivity contribution in [3.05, 3.63) is 29.8 Å². The fourth-order valence-electron chi connectivity index (χ4n) is 3.63. The van der Waals surface area contributed by atoms with Gasteiger partial charge in [-0.15, -0.1) is 0 Å². The number of rotatable bonds is 5. The van der Waals surface area contributed by atoms with Crippen LogP contribution in [0.2, 0.25) is 0 Å². The second kappa shape index (κ2) is 7.01. The number of hydrogen-bond acceptors (Lipinski definition) is 3. The van der Waals surface area contributed by atoms with Crippen LogP contribution in [0.4, 0.5) is 0 Å². The standard InChI is InChI=1S/C19H30N2O/c1-15(2)19-14-20(12-16-6-8-18(22)9-7-16)10-3-11-21(19)13-17-4-5-17/h6-9,15,17,19,22H,3-5,10-14H2,1-2H3/t19-/m1/s1. The predicted octanol–water partition coefficient (Wildman–Crippen LogP) is 3.33. The molecule has 0 aromatic heterocycles. The quantitative estimate of drug-likeness (QED) is 0.904. The lowest BCUT2D eigenvalue weighted by Gasteiger charge is -2.34. The van der Waals surface area contributed by atoms with Crippen molar-refractivity contribution in [3.63, 3.8) is 0 Å². The topological polar surface area (TPSA) is 26.7 Å². The fourth-order valence-corrected chi connectivity index (χ4v) is 3.63. The number of phenolic OH excluding ortho intramolecular Hbond substituents is 1. The van der Waals surface area contributed by atoms with Gasteiger partial charge in [0.2, 0.25) is 0 Å². The molecular formula is C19H30N2O. The molecule has 0 spiro atoms. The normalized spacial score (nSPS) is 24.6. The van der Waals surface area contributed by atoms with Gasteiger partial charge in [-0.3, -0.25) is 9.80 Å². The van der Waals surface area contributed by atoms with Crippen molar-refractivity contribution in [2.45, 2.75) is 45.7 Å². The van der Waals surface area contributed by atoms with Gasteiger partial charge in [0.25, 0.3) is 0 Å². The highest BCUT2D eigenvalue weighted by Crippen LogP contribution is 2.32. The molecule has 1 aromatic carbocycles. The van der Waals surface area contributed by atoms with E-state index in [1.165, 1.54) is 51.0 Å². The SMILES string of the molecule is CC(C)[C@H]1CN(Cc2ccc(O)cc2)CCCN1CC1CC1. The molecule has 2 fully saturated rings. The summed E-state index contributed by atoms with van der Waals surface area (Å²) in [5, 5.41) is 9.43. The Labute approximate surface area is 134 Å². The molecule has 3 heteroatoms. The zero-order chi connectivity index (χ0) is 15.5. The van der Waals surface area contributed by atoms with Crippen LogP contribution in [0.15, 0.2) is 24.3 Å². The summed E-state index contributed by atoms with van der Waals surface area (Å²) in [7, 11) is 0. The third kappa shape index (κ3) is 4.23. The van der Waals surface area contributed by atoms with E-state index >= 15 is 0 Å². The van der Waals surface area contributed by atoms with E-state index in [1.807, 2.05) is 12.1 Å². The van der Waals surface area contributed by atoms with E-state index in [4.69, 9.17) is 0 Å². The van der Waals surface area contributed by atoms with Crippen LogP contribution in [0, 0.1) is 11.8 Å². The summed E-state index contributed by atoms with van der Waals surface area (Å²) in [4.78, 5) is 5.36. The van der Waals surface area contributed by atoms with Crippen LogP contribution < -0.4 is 0 Å². The molecule has 22 heavy (non-hydrogen) atoms. The Balaban J connectivity index is 1.63. The Kier molecular flexibility index (Phi) is 5.04. The van der Waals surface area contributed by atoms with Crippen molar-refractivity contribution in [1.82, 2.24) is 9.80 Å². The Morgan fingerprint density at radius 3 is 2.50 bits per heavy atom. The summed E-state index contributed by atoms with van der Waals surface area (Å²) in [6.45, 7) is 10.7. The number of nitrogens with zero attached hydrogens (tertiary/aromatic N) is 2. The van der Waals surface area contributed by atoms with Crippen molar-refractivity contribution < 1.29 is 5.11 Å².